The normalized spacial score (nSPS) is 18.6. The average Bonchev–Trinajstić information content (AvgIpc) is 2.53. The van der Waals surface area contributed by atoms with Gasteiger partial charge >= 0.3 is 12.4 Å². The number of amides is 1. The lowest BCUT2D eigenvalue weighted by molar-refractivity contribution is -0.150. The predicted octanol–water partition coefficient (Wildman–Crippen LogP) is 3.21. The molecule has 0 aliphatic carbocycles. The summed E-state index contributed by atoms with van der Waals surface area (Å²) in [4.78, 5) is 15.2. The van der Waals surface area contributed by atoms with Gasteiger partial charge in [-0.05, 0) is 19.1 Å². The molecule has 0 spiro atoms. The van der Waals surface area contributed by atoms with Crippen LogP contribution in [-0.2, 0) is 11.0 Å². The van der Waals surface area contributed by atoms with Crippen molar-refractivity contribution in [2.75, 3.05) is 38.0 Å². The second-order valence-corrected chi connectivity index (χ2v) is 6.14. The molecule has 0 saturated carbocycles. The topological polar surface area (TPSA) is 35.6 Å². The predicted molar refractivity (Wildman–Crippen MR) is 83.6 cm³/mol. The van der Waals surface area contributed by atoms with Crippen LogP contribution in [0.4, 0.5) is 32.0 Å². The number of nitrogens with zero attached hydrogens (tertiary/aromatic N) is 2. The monoisotopic (exact) mass is 383 g/mol. The molecular formula is C16H19F6N3O. The maximum atomic E-state index is 13.0. The molecular weight excluding hydrogens is 364 g/mol. The number of hydrogen-bond acceptors (Lipinski definition) is 3. The van der Waals surface area contributed by atoms with Crippen LogP contribution >= 0.6 is 0 Å². The van der Waals surface area contributed by atoms with Gasteiger partial charge in [-0.3, -0.25) is 14.6 Å². The van der Waals surface area contributed by atoms with Crippen molar-refractivity contribution in [2.24, 2.45) is 0 Å². The van der Waals surface area contributed by atoms with Gasteiger partial charge in [0.15, 0.2) is 0 Å². The molecule has 1 aliphatic rings. The highest BCUT2D eigenvalue weighted by Gasteiger charge is 2.35. The SMILES string of the molecule is CC(C(=O)Nc1ccccc1C(F)(F)F)N1CCN(CC(F)(F)F)CC1. The van der Waals surface area contributed by atoms with Gasteiger partial charge in [0.1, 0.15) is 0 Å². The van der Waals surface area contributed by atoms with Crippen LogP contribution in [0.5, 0.6) is 0 Å². The van der Waals surface area contributed by atoms with Crippen molar-refractivity contribution in [1.29, 1.82) is 0 Å². The maximum Gasteiger partial charge on any atom is 0.418 e. The van der Waals surface area contributed by atoms with Crippen molar-refractivity contribution in [1.82, 2.24) is 9.80 Å². The van der Waals surface area contributed by atoms with Crippen molar-refractivity contribution in [3.05, 3.63) is 29.8 Å². The van der Waals surface area contributed by atoms with Gasteiger partial charge in [0.25, 0.3) is 0 Å². The number of rotatable bonds is 4. The summed E-state index contributed by atoms with van der Waals surface area (Å²) in [6, 6.07) is 3.88. The minimum Gasteiger partial charge on any atom is -0.324 e. The van der Waals surface area contributed by atoms with Crippen LogP contribution in [0, 0.1) is 0 Å². The molecule has 1 unspecified atom stereocenters. The first-order valence-electron chi connectivity index (χ1n) is 7.97. The summed E-state index contributed by atoms with van der Waals surface area (Å²) < 4.78 is 76.1. The number of hydrogen-bond donors (Lipinski definition) is 1. The molecule has 1 fully saturated rings. The van der Waals surface area contributed by atoms with E-state index in [1.165, 1.54) is 24.0 Å². The number of halogens is 6. The van der Waals surface area contributed by atoms with Crippen LogP contribution in [0.15, 0.2) is 24.3 Å². The second kappa shape index (κ2) is 7.83. The molecule has 0 aromatic heterocycles. The Balaban J connectivity index is 1.95. The standard InChI is InChI=1S/C16H19F6N3O/c1-11(25-8-6-24(7-9-25)10-15(17,18)19)14(26)23-13-5-3-2-4-12(13)16(20,21)22/h2-5,11H,6-10H2,1H3,(H,23,26). The third kappa shape index (κ3) is 5.60. The van der Waals surface area contributed by atoms with E-state index in [0.29, 0.717) is 0 Å². The van der Waals surface area contributed by atoms with Crippen LogP contribution in [-0.4, -0.2) is 60.6 Å². The Bertz CT molecular complexity index is 623. The van der Waals surface area contributed by atoms with Crippen LogP contribution in [0.1, 0.15) is 12.5 Å². The van der Waals surface area contributed by atoms with E-state index < -0.39 is 36.4 Å². The molecule has 4 nitrogen and oxygen atoms in total. The fourth-order valence-electron chi connectivity index (χ4n) is 2.80. The van der Waals surface area contributed by atoms with E-state index in [2.05, 4.69) is 5.32 Å². The third-order valence-corrected chi connectivity index (χ3v) is 4.23. The molecule has 2 rings (SSSR count). The summed E-state index contributed by atoms with van der Waals surface area (Å²) in [5.74, 6) is -0.633. The maximum absolute atomic E-state index is 13.0. The van der Waals surface area contributed by atoms with Crippen molar-refractivity contribution in [3.8, 4) is 0 Å². The molecule has 1 aromatic carbocycles. The number of alkyl halides is 6. The minimum atomic E-state index is -4.60. The van der Waals surface area contributed by atoms with Gasteiger partial charge in [-0.1, -0.05) is 12.1 Å². The Hall–Kier alpha value is -1.81. The zero-order valence-electron chi connectivity index (χ0n) is 14.0. The minimum absolute atomic E-state index is 0.135. The first-order valence-corrected chi connectivity index (χ1v) is 7.97. The number of nitrogens with one attached hydrogen (secondary N) is 1. The highest BCUT2D eigenvalue weighted by atomic mass is 19.4. The summed E-state index contributed by atoms with van der Waals surface area (Å²) in [6.07, 6.45) is -8.89. The third-order valence-electron chi connectivity index (χ3n) is 4.23. The summed E-state index contributed by atoms with van der Waals surface area (Å²) >= 11 is 0. The van der Waals surface area contributed by atoms with Crippen molar-refractivity contribution in [2.45, 2.75) is 25.3 Å². The Kier molecular flexibility index (Phi) is 6.17. The lowest BCUT2D eigenvalue weighted by Crippen LogP contribution is -2.54. The molecule has 1 aromatic rings. The van der Waals surface area contributed by atoms with E-state index in [9.17, 15) is 31.1 Å². The number of piperazine rings is 1. The molecule has 0 radical (unpaired) electrons. The number of carbonyl (C=O) groups excluding carboxylic acids is 1. The highest BCUT2D eigenvalue weighted by molar-refractivity contribution is 5.95. The lowest BCUT2D eigenvalue weighted by Gasteiger charge is -2.37. The Morgan fingerprint density at radius 2 is 1.65 bits per heavy atom. The quantitative estimate of drug-likeness (QED) is 0.812. The van der Waals surface area contributed by atoms with E-state index >= 15 is 0 Å². The molecule has 0 bridgehead atoms. The van der Waals surface area contributed by atoms with E-state index in [0.717, 1.165) is 12.1 Å². The molecule has 26 heavy (non-hydrogen) atoms. The zero-order chi connectivity index (χ0) is 19.5. The van der Waals surface area contributed by atoms with E-state index in [1.54, 1.807) is 4.90 Å². The van der Waals surface area contributed by atoms with E-state index in [4.69, 9.17) is 0 Å². The van der Waals surface area contributed by atoms with E-state index in [1.807, 2.05) is 0 Å². The number of anilines is 1. The molecule has 1 N–H and O–H groups in total. The number of carbonyl (C=O) groups is 1. The Morgan fingerprint density at radius 3 is 2.19 bits per heavy atom. The van der Waals surface area contributed by atoms with Gasteiger partial charge in [0, 0.05) is 26.2 Å². The molecule has 1 aliphatic heterocycles. The van der Waals surface area contributed by atoms with Gasteiger partial charge in [0.2, 0.25) is 5.91 Å². The molecule has 1 saturated heterocycles. The van der Waals surface area contributed by atoms with Gasteiger partial charge in [-0.2, -0.15) is 26.3 Å². The van der Waals surface area contributed by atoms with Gasteiger partial charge < -0.3 is 5.32 Å². The van der Waals surface area contributed by atoms with Crippen molar-refractivity contribution < 1.29 is 31.1 Å². The van der Waals surface area contributed by atoms with Gasteiger partial charge in [0.05, 0.1) is 23.8 Å². The number of para-hydroxylation sites is 1. The first-order chi connectivity index (χ1) is 12.0. The van der Waals surface area contributed by atoms with Crippen LogP contribution in [0.25, 0.3) is 0 Å². The van der Waals surface area contributed by atoms with Gasteiger partial charge in [-0.15, -0.1) is 0 Å². The Morgan fingerprint density at radius 1 is 1.08 bits per heavy atom. The van der Waals surface area contributed by atoms with Crippen LogP contribution in [0.2, 0.25) is 0 Å². The van der Waals surface area contributed by atoms with Gasteiger partial charge in [-0.25, -0.2) is 0 Å². The average molecular weight is 383 g/mol. The molecule has 1 heterocycles. The molecule has 1 atom stereocenters. The summed E-state index contributed by atoms with van der Waals surface area (Å²) in [5.41, 5.74) is -1.29. The number of benzene rings is 1. The fraction of sp³-hybridized carbons (Fsp3) is 0.562. The second-order valence-electron chi connectivity index (χ2n) is 6.14. The van der Waals surface area contributed by atoms with Crippen molar-refractivity contribution in [3.63, 3.8) is 0 Å². The highest BCUT2D eigenvalue weighted by Crippen LogP contribution is 2.34. The lowest BCUT2D eigenvalue weighted by atomic mass is 10.1. The fourth-order valence-corrected chi connectivity index (χ4v) is 2.80. The van der Waals surface area contributed by atoms with Crippen molar-refractivity contribution >= 4 is 11.6 Å². The summed E-state index contributed by atoms with van der Waals surface area (Å²) in [6.45, 7) is 1.23. The summed E-state index contributed by atoms with van der Waals surface area (Å²) in [5, 5.41) is 2.27. The van der Waals surface area contributed by atoms with Crippen LogP contribution < -0.4 is 5.32 Å². The zero-order valence-corrected chi connectivity index (χ0v) is 14.0. The Labute approximate surface area is 146 Å². The summed E-state index contributed by atoms with van der Waals surface area (Å²) in [7, 11) is 0. The van der Waals surface area contributed by atoms with E-state index in [-0.39, 0.29) is 31.9 Å². The first kappa shape index (κ1) is 20.5. The largest absolute Gasteiger partial charge is 0.418 e. The smallest absolute Gasteiger partial charge is 0.324 e. The van der Waals surface area contributed by atoms with Crippen LogP contribution in [0.3, 0.4) is 0 Å². The molecule has 146 valence electrons. The molecule has 10 heteroatoms. The molecule has 1 amide bonds.